The SMILES string of the molecule is COc1cccc(-c2cc(-c3cccc(F)c3)c(C#N)c(Sc3ncccc3[N+](=O)[O-])n2)c1. The van der Waals surface area contributed by atoms with E-state index in [0.29, 0.717) is 28.1 Å². The molecule has 0 spiro atoms. The van der Waals surface area contributed by atoms with E-state index in [0.717, 1.165) is 11.8 Å². The number of hydrogen-bond donors (Lipinski definition) is 0. The lowest BCUT2D eigenvalue weighted by Crippen LogP contribution is -1.98. The summed E-state index contributed by atoms with van der Waals surface area (Å²) in [4.78, 5) is 19.7. The highest BCUT2D eigenvalue weighted by molar-refractivity contribution is 7.99. The molecule has 4 rings (SSSR count). The smallest absolute Gasteiger partial charge is 0.301 e. The number of nitro groups is 1. The molecule has 0 aliphatic heterocycles. The van der Waals surface area contributed by atoms with Gasteiger partial charge in [-0.2, -0.15) is 5.26 Å². The van der Waals surface area contributed by atoms with Crippen LogP contribution in [0.1, 0.15) is 5.56 Å². The van der Waals surface area contributed by atoms with Crippen molar-refractivity contribution in [1.29, 1.82) is 5.26 Å². The molecule has 2 aromatic carbocycles. The number of ether oxygens (including phenoxy) is 1. The number of benzene rings is 2. The molecule has 0 unspecified atom stereocenters. The standard InChI is InChI=1S/C24H15FN4O3S/c1-32-18-8-3-6-16(12-18)21-13-19(15-5-2-7-17(25)11-15)20(14-26)23(28-21)33-24-22(29(30)31)9-4-10-27-24/h2-13H,1H3. The fraction of sp³-hybridized carbons (Fsp3) is 0.0417. The number of pyridine rings is 2. The Hall–Kier alpha value is -4.29. The molecule has 0 N–H and O–H groups in total. The van der Waals surface area contributed by atoms with E-state index in [1.54, 1.807) is 43.5 Å². The van der Waals surface area contributed by atoms with Gasteiger partial charge >= 0.3 is 5.69 Å². The van der Waals surface area contributed by atoms with Crippen molar-refractivity contribution in [3.05, 3.63) is 94.4 Å². The highest BCUT2D eigenvalue weighted by Gasteiger charge is 2.22. The molecule has 0 aliphatic rings. The van der Waals surface area contributed by atoms with Crippen molar-refractivity contribution in [3.63, 3.8) is 0 Å². The van der Waals surface area contributed by atoms with Crippen molar-refractivity contribution in [2.24, 2.45) is 0 Å². The van der Waals surface area contributed by atoms with Crippen LogP contribution in [-0.2, 0) is 0 Å². The maximum atomic E-state index is 14.0. The van der Waals surface area contributed by atoms with Crippen LogP contribution in [0.2, 0.25) is 0 Å². The Bertz CT molecular complexity index is 1400. The molecule has 0 saturated carbocycles. The van der Waals surface area contributed by atoms with Crippen LogP contribution < -0.4 is 4.74 Å². The van der Waals surface area contributed by atoms with Crippen LogP contribution in [-0.4, -0.2) is 22.0 Å². The van der Waals surface area contributed by atoms with E-state index in [9.17, 15) is 19.8 Å². The molecule has 0 fully saturated rings. The predicted molar refractivity (Wildman–Crippen MR) is 121 cm³/mol. The second-order valence-electron chi connectivity index (χ2n) is 6.78. The number of nitriles is 1. The lowest BCUT2D eigenvalue weighted by atomic mass is 9.99. The van der Waals surface area contributed by atoms with Gasteiger partial charge in [-0.05, 0) is 53.7 Å². The number of rotatable bonds is 6. The molecule has 0 saturated heterocycles. The Morgan fingerprint density at radius 3 is 2.58 bits per heavy atom. The van der Waals surface area contributed by atoms with Gasteiger partial charge in [0, 0.05) is 23.4 Å². The molecule has 2 aromatic heterocycles. The fourth-order valence-electron chi connectivity index (χ4n) is 3.21. The molecular formula is C24H15FN4O3S. The van der Waals surface area contributed by atoms with Gasteiger partial charge in [0.1, 0.15) is 22.7 Å². The summed E-state index contributed by atoms with van der Waals surface area (Å²) in [5, 5.41) is 21.7. The van der Waals surface area contributed by atoms with Crippen molar-refractivity contribution in [2.45, 2.75) is 10.1 Å². The van der Waals surface area contributed by atoms with Gasteiger partial charge in [-0.1, -0.05) is 24.3 Å². The summed E-state index contributed by atoms with van der Waals surface area (Å²) in [5.41, 5.74) is 2.09. The van der Waals surface area contributed by atoms with Gasteiger partial charge in [0.15, 0.2) is 5.03 Å². The van der Waals surface area contributed by atoms with Crippen LogP contribution in [0.5, 0.6) is 5.75 Å². The topological polar surface area (TPSA) is 102 Å². The quantitative estimate of drug-likeness (QED) is 0.262. The van der Waals surface area contributed by atoms with Crippen LogP contribution >= 0.6 is 11.8 Å². The maximum Gasteiger partial charge on any atom is 0.301 e. The number of hydrogen-bond acceptors (Lipinski definition) is 7. The van der Waals surface area contributed by atoms with Crippen molar-refractivity contribution in [3.8, 4) is 34.2 Å². The Morgan fingerprint density at radius 1 is 1.06 bits per heavy atom. The number of halogens is 1. The average Bonchev–Trinajstić information content (AvgIpc) is 2.83. The minimum atomic E-state index is -0.541. The minimum absolute atomic E-state index is 0.0967. The summed E-state index contributed by atoms with van der Waals surface area (Å²) in [6, 6.07) is 19.7. The molecule has 0 radical (unpaired) electrons. The first-order chi connectivity index (χ1) is 16.0. The summed E-state index contributed by atoms with van der Waals surface area (Å²) >= 11 is 0.914. The normalized spacial score (nSPS) is 10.5. The van der Waals surface area contributed by atoms with Gasteiger partial charge in [-0.15, -0.1) is 0 Å². The van der Waals surface area contributed by atoms with E-state index >= 15 is 0 Å². The minimum Gasteiger partial charge on any atom is -0.497 e. The van der Waals surface area contributed by atoms with E-state index in [1.165, 1.54) is 30.5 Å². The molecule has 2 heterocycles. The summed E-state index contributed by atoms with van der Waals surface area (Å²) in [6.07, 6.45) is 1.43. The molecular weight excluding hydrogens is 443 g/mol. The third kappa shape index (κ3) is 4.66. The van der Waals surface area contributed by atoms with Crippen LogP contribution in [0.4, 0.5) is 10.1 Å². The summed E-state index contributed by atoms with van der Waals surface area (Å²) < 4.78 is 19.3. The predicted octanol–water partition coefficient (Wildman–Crippen LogP) is 5.89. The lowest BCUT2D eigenvalue weighted by molar-refractivity contribution is -0.388. The highest BCUT2D eigenvalue weighted by atomic mass is 32.2. The Balaban J connectivity index is 1.96. The van der Waals surface area contributed by atoms with Crippen molar-refractivity contribution < 1.29 is 14.1 Å². The van der Waals surface area contributed by atoms with Crippen LogP contribution in [0, 0.1) is 27.3 Å². The van der Waals surface area contributed by atoms with Crippen LogP contribution in [0.3, 0.4) is 0 Å². The van der Waals surface area contributed by atoms with Gasteiger partial charge in [-0.3, -0.25) is 10.1 Å². The molecule has 0 atom stereocenters. The molecule has 33 heavy (non-hydrogen) atoms. The second kappa shape index (κ2) is 9.46. The molecule has 0 aliphatic carbocycles. The highest BCUT2D eigenvalue weighted by Crippen LogP contribution is 2.39. The Kier molecular flexibility index (Phi) is 6.29. The molecule has 0 amide bonds. The first-order valence-corrected chi connectivity index (χ1v) is 10.4. The van der Waals surface area contributed by atoms with Gasteiger partial charge in [0.05, 0.1) is 23.3 Å². The van der Waals surface area contributed by atoms with E-state index < -0.39 is 10.7 Å². The summed E-state index contributed by atoms with van der Waals surface area (Å²) in [5.74, 6) is 0.159. The number of nitrogens with zero attached hydrogens (tertiary/aromatic N) is 4. The first-order valence-electron chi connectivity index (χ1n) is 9.63. The zero-order valence-electron chi connectivity index (χ0n) is 17.2. The van der Waals surface area contributed by atoms with E-state index in [-0.39, 0.29) is 21.3 Å². The van der Waals surface area contributed by atoms with Crippen LogP contribution in [0.15, 0.2) is 83.0 Å². The van der Waals surface area contributed by atoms with E-state index in [4.69, 9.17) is 4.74 Å². The summed E-state index contributed by atoms with van der Waals surface area (Å²) in [7, 11) is 1.55. The number of methoxy groups -OCH3 is 1. The average molecular weight is 458 g/mol. The molecule has 0 bridgehead atoms. The molecule has 7 nitrogen and oxygen atoms in total. The lowest BCUT2D eigenvalue weighted by Gasteiger charge is -2.13. The Labute approximate surface area is 192 Å². The van der Waals surface area contributed by atoms with Crippen LogP contribution in [0.25, 0.3) is 22.4 Å². The second-order valence-corrected chi connectivity index (χ2v) is 7.75. The van der Waals surface area contributed by atoms with E-state index in [1.807, 2.05) is 6.07 Å². The number of aromatic nitrogens is 2. The largest absolute Gasteiger partial charge is 0.497 e. The van der Waals surface area contributed by atoms with E-state index in [2.05, 4.69) is 16.0 Å². The van der Waals surface area contributed by atoms with Gasteiger partial charge in [0.2, 0.25) is 0 Å². The molecule has 9 heteroatoms. The summed E-state index contributed by atoms with van der Waals surface area (Å²) in [6.45, 7) is 0. The van der Waals surface area contributed by atoms with Crippen molar-refractivity contribution in [1.82, 2.24) is 9.97 Å². The molecule has 162 valence electrons. The molecule has 4 aromatic rings. The third-order valence-electron chi connectivity index (χ3n) is 4.74. The zero-order valence-corrected chi connectivity index (χ0v) is 18.0. The Morgan fingerprint density at radius 2 is 1.85 bits per heavy atom. The zero-order chi connectivity index (χ0) is 23.4. The van der Waals surface area contributed by atoms with Crippen molar-refractivity contribution >= 4 is 17.4 Å². The monoisotopic (exact) mass is 458 g/mol. The van der Waals surface area contributed by atoms with Gasteiger partial charge in [-0.25, -0.2) is 14.4 Å². The third-order valence-corrected chi connectivity index (χ3v) is 5.74. The maximum absolute atomic E-state index is 14.0. The van der Waals surface area contributed by atoms with Gasteiger partial charge < -0.3 is 4.74 Å². The van der Waals surface area contributed by atoms with Gasteiger partial charge in [0.25, 0.3) is 0 Å². The first kappa shape index (κ1) is 21.9. The van der Waals surface area contributed by atoms with Crippen molar-refractivity contribution in [2.75, 3.05) is 7.11 Å². The fourth-order valence-corrected chi connectivity index (χ4v) is 4.15.